The van der Waals surface area contributed by atoms with Gasteiger partial charge in [0.05, 0.1) is 7.11 Å². The molecule has 0 unspecified atom stereocenters. The van der Waals surface area contributed by atoms with E-state index in [0.717, 1.165) is 6.42 Å². The molecule has 0 aromatic carbocycles. The van der Waals surface area contributed by atoms with E-state index in [4.69, 9.17) is 4.74 Å². The van der Waals surface area contributed by atoms with E-state index in [1.54, 1.807) is 11.5 Å². The first kappa shape index (κ1) is 12.7. The highest BCUT2D eigenvalue weighted by molar-refractivity contribution is 5.06. The minimum atomic E-state index is -0.0476. The molecule has 0 aliphatic rings. The van der Waals surface area contributed by atoms with Crippen LogP contribution in [0.4, 0.5) is 0 Å². The van der Waals surface area contributed by atoms with Crippen LogP contribution in [-0.2, 0) is 6.54 Å². The van der Waals surface area contributed by atoms with Crippen molar-refractivity contribution in [2.45, 2.75) is 40.7 Å². The Balaban J connectivity index is 2.99. The SMILES string of the molecule is COc1nc(C)cc(=O)n1CCC(C)(C)C. The molecule has 1 rings (SSSR count). The van der Waals surface area contributed by atoms with Crippen molar-refractivity contribution in [3.8, 4) is 6.01 Å². The molecule has 0 aliphatic heterocycles. The summed E-state index contributed by atoms with van der Waals surface area (Å²) in [5, 5.41) is 0. The summed E-state index contributed by atoms with van der Waals surface area (Å²) in [4.78, 5) is 16.0. The van der Waals surface area contributed by atoms with Crippen molar-refractivity contribution in [2.75, 3.05) is 7.11 Å². The quantitative estimate of drug-likeness (QED) is 0.788. The molecule has 0 atom stereocenters. The van der Waals surface area contributed by atoms with Gasteiger partial charge in [0.15, 0.2) is 0 Å². The summed E-state index contributed by atoms with van der Waals surface area (Å²) in [5.74, 6) is 0. The Labute approximate surface area is 96.3 Å². The van der Waals surface area contributed by atoms with E-state index in [1.807, 2.05) is 0 Å². The minimum absolute atomic E-state index is 0.0476. The molecule has 0 spiro atoms. The van der Waals surface area contributed by atoms with Gasteiger partial charge in [-0.1, -0.05) is 20.8 Å². The van der Waals surface area contributed by atoms with Crippen molar-refractivity contribution in [1.82, 2.24) is 9.55 Å². The lowest BCUT2D eigenvalue weighted by atomic mass is 9.92. The first-order valence-corrected chi connectivity index (χ1v) is 5.46. The van der Waals surface area contributed by atoms with Crippen LogP contribution in [-0.4, -0.2) is 16.7 Å². The van der Waals surface area contributed by atoms with Crippen molar-refractivity contribution < 1.29 is 4.74 Å². The molecular formula is C12H20N2O2. The summed E-state index contributed by atoms with van der Waals surface area (Å²) in [7, 11) is 1.54. The summed E-state index contributed by atoms with van der Waals surface area (Å²) in [6.07, 6.45) is 0.911. The Bertz CT molecular complexity index is 416. The van der Waals surface area contributed by atoms with Crippen LogP contribution < -0.4 is 10.3 Å². The molecule has 0 saturated carbocycles. The molecule has 0 N–H and O–H groups in total. The molecule has 16 heavy (non-hydrogen) atoms. The Morgan fingerprint density at radius 3 is 2.56 bits per heavy atom. The first-order valence-electron chi connectivity index (χ1n) is 5.46. The summed E-state index contributed by atoms with van der Waals surface area (Å²) in [6.45, 7) is 8.86. The van der Waals surface area contributed by atoms with Crippen LogP contribution in [0.3, 0.4) is 0 Å². The maximum absolute atomic E-state index is 11.8. The second-order valence-electron chi connectivity index (χ2n) is 5.18. The summed E-state index contributed by atoms with van der Waals surface area (Å²) < 4.78 is 6.71. The Hall–Kier alpha value is -1.32. The Morgan fingerprint density at radius 2 is 2.06 bits per heavy atom. The van der Waals surface area contributed by atoms with Crippen molar-refractivity contribution in [3.05, 3.63) is 22.1 Å². The predicted octanol–water partition coefficient (Wildman–Crippen LogP) is 2.00. The third kappa shape index (κ3) is 3.36. The van der Waals surface area contributed by atoms with Crippen molar-refractivity contribution in [1.29, 1.82) is 0 Å². The first-order chi connectivity index (χ1) is 7.33. The number of hydrogen-bond donors (Lipinski definition) is 0. The van der Waals surface area contributed by atoms with Crippen LogP contribution >= 0.6 is 0 Å². The predicted molar refractivity (Wildman–Crippen MR) is 63.9 cm³/mol. The summed E-state index contributed by atoms with van der Waals surface area (Å²) in [5.41, 5.74) is 0.831. The van der Waals surface area contributed by atoms with E-state index < -0.39 is 0 Å². The number of methoxy groups -OCH3 is 1. The van der Waals surface area contributed by atoms with Gasteiger partial charge in [-0.2, -0.15) is 0 Å². The fraction of sp³-hybridized carbons (Fsp3) is 0.667. The zero-order chi connectivity index (χ0) is 12.3. The number of hydrogen-bond acceptors (Lipinski definition) is 3. The highest BCUT2D eigenvalue weighted by Crippen LogP contribution is 2.20. The third-order valence-corrected chi connectivity index (χ3v) is 2.37. The van der Waals surface area contributed by atoms with Crippen LogP contribution in [0, 0.1) is 12.3 Å². The van der Waals surface area contributed by atoms with Gasteiger partial charge in [0, 0.05) is 18.3 Å². The number of ether oxygens (including phenoxy) is 1. The van der Waals surface area contributed by atoms with Crippen LogP contribution in [0.25, 0.3) is 0 Å². The highest BCUT2D eigenvalue weighted by atomic mass is 16.5. The lowest BCUT2D eigenvalue weighted by Crippen LogP contribution is -2.24. The fourth-order valence-corrected chi connectivity index (χ4v) is 1.40. The fourth-order valence-electron chi connectivity index (χ4n) is 1.40. The van der Waals surface area contributed by atoms with Gasteiger partial charge < -0.3 is 4.74 Å². The monoisotopic (exact) mass is 224 g/mol. The molecule has 0 bridgehead atoms. The molecule has 90 valence electrons. The number of nitrogens with zero attached hydrogens (tertiary/aromatic N) is 2. The van der Waals surface area contributed by atoms with Crippen LogP contribution in [0.1, 0.15) is 32.9 Å². The molecule has 4 heteroatoms. The third-order valence-electron chi connectivity index (χ3n) is 2.37. The number of aromatic nitrogens is 2. The number of aryl methyl sites for hydroxylation is 1. The normalized spacial score (nSPS) is 11.6. The van der Waals surface area contributed by atoms with Crippen molar-refractivity contribution in [2.24, 2.45) is 5.41 Å². The molecule has 0 saturated heterocycles. The van der Waals surface area contributed by atoms with Crippen LogP contribution in [0.5, 0.6) is 6.01 Å². The molecule has 4 nitrogen and oxygen atoms in total. The van der Waals surface area contributed by atoms with Crippen LogP contribution in [0.15, 0.2) is 10.9 Å². The van der Waals surface area contributed by atoms with Gasteiger partial charge >= 0.3 is 0 Å². The summed E-state index contributed by atoms with van der Waals surface area (Å²) in [6, 6.07) is 1.93. The van der Waals surface area contributed by atoms with E-state index in [2.05, 4.69) is 25.8 Å². The van der Waals surface area contributed by atoms with Gasteiger partial charge in [-0.3, -0.25) is 9.36 Å². The minimum Gasteiger partial charge on any atom is -0.468 e. The largest absolute Gasteiger partial charge is 0.468 e. The second-order valence-corrected chi connectivity index (χ2v) is 5.18. The van der Waals surface area contributed by atoms with Crippen molar-refractivity contribution in [3.63, 3.8) is 0 Å². The highest BCUT2D eigenvalue weighted by Gasteiger charge is 2.13. The molecule has 0 amide bonds. The molecular weight excluding hydrogens is 204 g/mol. The number of rotatable bonds is 3. The van der Waals surface area contributed by atoms with E-state index in [9.17, 15) is 4.79 Å². The standard InChI is InChI=1S/C12H20N2O2/c1-9-8-10(15)14(11(13-9)16-5)7-6-12(2,3)4/h8H,6-7H2,1-5H3. The van der Waals surface area contributed by atoms with E-state index >= 15 is 0 Å². The van der Waals surface area contributed by atoms with Gasteiger partial charge in [0.25, 0.3) is 11.6 Å². The molecule has 1 aromatic rings. The molecule has 0 radical (unpaired) electrons. The molecule has 0 aliphatic carbocycles. The smallest absolute Gasteiger partial charge is 0.299 e. The maximum Gasteiger partial charge on any atom is 0.299 e. The average molecular weight is 224 g/mol. The van der Waals surface area contributed by atoms with Gasteiger partial charge in [-0.15, -0.1) is 0 Å². The lowest BCUT2D eigenvalue weighted by Gasteiger charge is -2.19. The molecule has 1 aromatic heterocycles. The maximum atomic E-state index is 11.8. The van der Waals surface area contributed by atoms with E-state index in [1.165, 1.54) is 13.2 Å². The van der Waals surface area contributed by atoms with Crippen LogP contribution in [0.2, 0.25) is 0 Å². The Morgan fingerprint density at radius 1 is 1.44 bits per heavy atom. The Kier molecular flexibility index (Phi) is 3.73. The average Bonchev–Trinajstić information content (AvgIpc) is 2.13. The van der Waals surface area contributed by atoms with Crippen molar-refractivity contribution >= 4 is 0 Å². The van der Waals surface area contributed by atoms with Gasteiger partial charge in [0.2, 0.25) is 0 Å². The lowest BCUT2D eigenvalue weighted by molar-refractivity contribution is 0.305. The van der Waals surface area contributed by atoms with E-state index in [0.29, 0.717) is 18.2 Å². The second kappa shape index (κ2) is 4.68. The van der Waals surface area contributed by atoms with E-state index in [-0.39, 0.29) is 11.0 Å². The zero-order valence-corrected chi connectivity index (χ0v) is 10.7. The zero-order valence-electron chi connectivity index (χ0n) is 10.7. The topological polar surface area (TPSA) is 44.1 Å². The molecule has 0 fully saturated rings. The van der Waals surface area contributed by atoms with Gasteiger partial charge in [-0.05, 0) is 18.8 Å². The van der Waals surface area contributed by atoms with Gasteiger partial charge in [-0.25, -0.2) is 4.98 Å². The summed E-state index contributed by atoms with van der Waals surface area (Å²) >= 11 is 0. The molecule has 1 heterocycles. The van der Waals surface area contributed by atoms with Gasteiger partial charge in [0.1, 0.15) is 0 Å².